The normalized spacial score (nSPS) is 16.8. The molecule has 2 aromatic heterocycles. The molecule has 1 fully saturated rings. The Morgan fingerprint density at radius 1 is 1.32 bits per heavy atom. The van der Waals surface area contributed by atoms with Gasteiger partial charge in [0, 0.05) is 26.1 Å². The lowest BCUT2D eigenvalue weighted by Crippen LogP contribution is -2.37. The third kappa shape index (κ3) is 2.64. The van der Waals surface area contributed by atoms with Gasteiger partial charge in [0.1, 0.15) is 5.69 Å². The Bertz CT molecular complexity index is 575. The first-order valence-electron chi connectivity index (χ1n) is 6.47. The van der Waals surface area contributed by atoms with Gasteiger partial charge >= 0.3 is 0 Å². The minimum atomic E-state index is 0.530. The summed E-state index contributed by atoms with van der Waals surface area (Å²) in [7, 11) is 0. The van der Waals surface area contributed by atoms with Crippen LogP contribution in [-0.4, -0.2) is 58.6 Å². The molecule has 6 heteroatoms. The Hall–Kier alpha value is -1.79. The molecule has 3 rings (SSSR count). The van der Waals surface area contributed by atoms with E-state index in [0.717, 1.165) is 57.0 Å². The van der Waals surface area contributed by atoms with E-state index in [-0.39, 0.29) is 0 Å². The van der Waals surface area contributed by atoms with Crippen LogP contribution in [0.4, 0.5) is 0 Å². The van der Waals surface area contributed by atoms with Gasteiger partial charge in [0.05, 0.1) is 13.2 Å². The largest absolute Gasteiger partial charge is 0.379 e. The number of morpholine rings is 1. The SMILES string of the molecule is O=Cc1cccc2nc(CCN3CCOCC3)nn12. The average molecular weight is 260 g/mol. The van der Waals surface area contributed by atoms with Gasteiger partial charge in [0.25, 0.3) is 0 Å². The quantitative estimate of drug-likeness (QED) is 0.745. The lowest BCUT2D eigenvalue weighted by Gasteiger charge is -2.25. The second-order valence-corrected chi connectivity index (χ2v) is 4.57. The van der Waals surface area contributed by atoms with Gasteiger partial charge in [-0.2, -0.15) is 5.10 Å². The minimum Gasteiger partial charge on any atom is -0.379 e. The molecule has 6 nitrogen and oxygen atoms in total. The molecular weight excluding hydrogens is 244 g/mol. The van der Waals surface area contributed by atoms with Crippen LogP contribution in [0.15, 0.2) is 18.2 Å². The van der Waals surface area contributed by atoms with Crippen molar-refractivity contribution in [1.29, 1.82) is 0 Å². The van der Waals surface area contributed by atoms with Gasteiger partial charge in [-0.1, -0.05) is 6.07 Å². The first-order chi connectivity index (χ1) is 9.36. The smallest absolute Gasteiger partial charge is 0.168 e. The zero-order valence-electron chi connectivity index (χ0n) is 10.7. The number of carbonyl (C=O) groups excluding carboxylic acids is 1. The van der Waals surface area contributed by atoms with E-state index in [2.05, 4.69) is 15.0 Å². The van der Waals surface area contributed by atoms with E-state index in [0.29, 0.717) is 5.69 Å². The van der Waals surface area contributed by atoms with Crippen LogP contribution in [0.5, 0.6) is 0 Å². The maximum absolute atomic E-state index is 10.9. The van der Waals surface area contributed by atoms with Crippen molar-refractivity contribution in [3.8, 4) is 0 Å². The molecule has 3 heterocycles. The van der Waals surface area contributed by atoms with Crippen molar-refractivity contribution < 1.29 is 9.53 Å². The number of aldehydes is 1. The third-order valence-corrected chi connectivity index (χ3v) is 3.31. The summed E-state index contributed by atoms with van der Waals surface area (Å²) in [5.41, 5.74) is 1.25. The van der Waals surface area contributed by atoms with E-state index in [9.17, 15) is 4.79 Å². The van der Waals surface area contributed by atoms with E-state index >= 15 is 0 Å². The fraction of sp³-hybridized carbons (Fsp3) is 0.462. The number of nitrogens with zero attached hydrogens (tertiary/aromatic N) is 4. The lowest BCUT2D eigenvalue weighted by molar-refractivity contribution is 0.0382. The molecule has 0 aliphatic carbocycles. The molecule has 0 aromatic carbocycles. The Balaban J connectivity index is 1.72. The molecule has 19 heavy (non-hydrogen) atoms. The molecule has 0 atom stereocenters. The van der Waals surface area contributed by atoms with Crippen LogP contribution in [-0.2, 0) is 11.2 Å². The van der Waals surface area contributed by atoms with Gasteiger partial charge < -0.3 is 4.74 Å². The molecule has 100 valence electrons. The number of aromatic nitrogens is 3. The van der Waals surface area contributed by atoms with Crippen molar-refractivity contribution in [2.45, 2.75) is 6.42 Å². The van der Waals surface area contributed by atoms with E-state index < -0.39 is 0 Å². The number of carbonyl (C=O) groups is 1. The number of fused-ring (bicyclic) bond motifs is 1. The van der Waals surface area contributed by atoms with Crippen molar-refractivity contribution in [2.24, 2.45) is 0 Å². The van der Waals surface area contributed by atoms with Crippen LogP contribution in [0.1, 0.15) is 16.3 Å². The molecule has 0 N–H and O–H groups in total. The molecule has 1 saturated heterocycles. The first-order valence-corrected chi connectivity index (χ1v) is 6.47. The zero-order chi connectivity index (χ0) is 13.1. The van der Waals surface area contributed by atoms with Gasteiger partial charge in [-0.3, -0.25) is 9.69 Å². The number of pyridine rings is 1. The zero-order valence-corrected chi connectivity index (χ0v) is 10.7. The summed E-state index contributed by atoms with van der Waals surface area (Å²) in [5, 5.41) is 4.38. The number of hydrogen-bond donors (Lipinski definition) is 0. The van der Waals surface area contributed by atoms with Crippen molar-refractivity contribution in [3.63, 3.8) is 0 Å². The fourth-order valence-electron chi connectivity index (χ4n) is 2.25. The maximum atomic E-state index is 10.9. The summed E-state index contributed by atoms with van der Waals surface area (Å²) in [4.78, 5) is 17.7. The molecule has 1 aliphatic heterocycles. The molecule has 1 aliphatic rings. The van der Waals surface area contributed by atoms with E-state index in [1.165, 1.54) is 0 Å². The predicted molar refractivity (Wildman–Crippen MR) is 69.3 cm³/mol. The highest BCUT2D eigenvalue weighted by molar-refractivity contribution is 5.73. The van der Waals surface area contributed by atoms with Gasteiger partial charge in [-0.15, -0.1) is 0 Å². The van der Waals surface area contributed by atoms with Crippen LogP contribution in [0.2, 0.25) is 0 Å². The van der Waals surface area contributed by atoms with E-state index in [4.69, 9.17) is 4.74 Å². The molecular formula is C13H16N4O2. The van der Waals surface area contributed by atoms with E-state index in [1.54, 1.807) is 10.6 Å². The summed E-state index contributed by atoms with van der Waals surface area (Å²) >= 11 is 0. The van der Waals surface area contributed by atoms with Crippen LogP contribution in [0.25, 0.3) is 5.65 Å². The standard InChI is InChI=1S/C13H16N4O2/c18-10-11-2-1-3-13-14-12(15-17(11)13)4-5-16-6-8-19-9-7-16/h1-3,10H,4-9H2. The molecule has 0 spiro atoms. The van der Waals surface area contributed by atoms with Gasteiger partial charge in [0.2, 0.25) is 0 Å². The van der Waals surface area contributed by atoms with Crippen LogP contribution in [0.3, 0.4) is 0 Å². The van der Waals surface area contributed by atoms with Crippen LogP contribution < -0.4 is 0 Å². The van der Waals surface area contributed by atoms with Gasteiger partial charge in [-0.05, 0) is 12.1 Å². The molecule has 0 saturated carbocycles. The Kier molecular flexibility index (Phi) is 3.52. The summed E-state index contributed by atoms with van der Waals surface area (Å²) in [5.74, 6) is 0.779. The highest BCUT2D eigenvalue weighted by atomic mass is 16.5. The topological polar surface area (TPSA) is 59.7 Å². The predicted octanol–water partition coefficient (Wildman–Crippen LogP) is 0.416. The molecule has 0 bridgehead atoms. The number of hydrogen-bond acceptors (Lipinski definition) is 5. The minimum absolute atomic E-state index is 0.530. The van der Waals surface area contributed by atoms with Crippen LogP contribution >= 0.6 is 0 Å². The Morgan fingerprint density at radius 3 is 2.95 bits per heavy atom. The summed E-state index contributed by atoms with van der Waals surface area (Å²) in [6.45, 7) is 4.46. The molecule has 0 amide bonds. The Labute approximate surface area is 111 Å². The number of rotatable bonds is 4. The molecule has 0 unspecified atom stereocenters. The summed E-state index contributed by atoms with van der Waals surface area (Å²) < 4.78 is 6.91. The van der Waals surface area contributed by atoms with E-state index in [1.807, 2.05) is 12.1 Å². The van der Waals surface area contributed by atoms with Gasteiger partial charge in [-0.25, -0.2) is 9.50 Å². The average Bonchev–Trinajstić information content (AvgIpc) is 2.89. The van der Waals surface area contributed by atoms with Crippen molar-refractivity contribution in [2.75, 3.05) is 32.8 Å². The monoisotopic (exact) mass is 260 g/mol. The highest BCUT2D eigenvalue weighted by Gasteiger charge is 2.12. The fourth-order valence-corrected chi connectivity index (χ4v) is 2.25. The maximum Gasteiger partial charge on any atom is 0.168 e. The van der Waals surface area contributed by atoms with Crippen molar-refractivity contribution in [1.82, 2.24) is 19.5 Å². The van der Waals surface area contributed by atoms with Gasteiger partial charge in [0.15, 0.2) is 17.8 Å². The van der Waals surface area contributed by atoms with Crippen LogP contribution in [0, 0.1) is 0 Å². The molecule has 2 aromatic rings. The highest BCUT2D eigenvalue weighted by Crippen LogP contribution is 2.06. The molecule has 0 radical (unpaired) electrons. The lowest BCUT2D eigenvalue weighted by atomic mass is 10.3. The Morgan fingerprint density at radius 2 is 2.16 bits per heavy atom. The second kappa shape index (κ2) is 5.46. The van der Waals surface area contributed by atoms with Crippen molar-refractivity contribution in [3.05, 3.63) is 29.7 Å². The first kappa shape index (κ1) is 12.3. The van der Waals surface area contributed by atoms with Crippen molar-refractivity contribution >= 4 is 11.9 Å². The summed E-state index contributed by atoms with van der Waals surface area (Å²) in [6, 6.07) is 5.41. The second-order valence-electron chi connectivity index (χ2n) is 4.57. The third-order valence-electron chi connectivity index (χ3n) is 3.31. The number of ether oxygens (including phenoxy) is 1. The summed E-state index contributed by atoms with van der Waals surface area (Å²) in [6.07, 6.45) is 1.59.